The summed E-state index contributed by atoms with van der Waals surface area (Å²) < 4.78 is 0.329. The largest absolute Gasteiger partial charge is 0.337 e. The molecule has 88 valence electrons. The molecular formula is C10H14ClN3OS. The van der Waals surface area contributed by atoms with Gasteiger partial charge < -0.3 is 4.90 Å². The third kappa shape index (κ3) is 2.92. The summed E-state index contributed by atoms with van der Waals surface area (Å²) in [6.45, 7) is 1.66. The summed E-state index contributed by atoms with van der Waals surface area (Å²) in [5.41, 5.74) is 0. The molecule has 6 heteroatoms. The van der Waals surface area contributed by atoms with Crippen LogP contribution in [0.2, 0.25) is 4.47 Å². The van der Waals surface area contributed by atoms with E-state index in [0.717, 1.165) is 37.3 Å². The average molecular weight is 260 g/mol. The molecule has 1 aliphatic rings. The van der Waals surface area contributed by atoms with Gasteiger partial charge in [-0.3, -0.25) is 4.79 Å². The van der Waals surface area contributed by atoms with Crippen LogP contribution in [0.3, 0.4) is 0 Å². The van der Waals surface area contributed by atoms with Crippen molar-refractivity contribution in [2.24, 2.45) is 0 Å². The maximum absolute atomic E-state index is 12.1. The first-order valence-corrected chi connectivity index (χ1v) is 6.75. The molecule has 0 unspecified atom stereocenters. The Kier molecular flexibility index (Phi) is 4.12. The molecule has 1 saturated heterocycles. The molecule has 1 amide bonds. The number of amides is 1. The molecule has 2 rings (SSSR count). The number of aromatic nitrogens is 2. The maximum Gasteiger partial charge on any atom is 0.284 e. The van der Waals surface area contributed by atoms with Crippen molar-refractivity contribution in [3.63, 3.8) is 0 Å². The quantitative estimate of drug-likeness (QED) is 0.779. The van der Waals surface area contributed by atoms with Crippen molar-refractivity contribution in [3.05, 3.63) is 9.47 Å². The molecule has 16 heavy (non-hydrogen) atoms. The molecule has 0 radical (unpaired) electrons. The number of carbonyl (C=O) groups excluding carboxylic acids is 1. The molecule has 0 aromatic carbocycles. The van der Waals surface area contributed by atoms with Gasteiger partial charge in [0.25, 0.3) is 5.91 Å². The molecular weight excluding hydrogens is 246 g/mol. The number of rotatable bonds is 1. The second kappa shape index (κ2) is 5.59. The molecule has 0 N–H and O–H groups in total. The molecule has 4 nitrogen and oxygen atoms in total. The summed E-state index contributed by atoms with van der Waals surface area (Å²) in [6, 6.07) is 0. The van der Waals surface area contributed by atoms with Crippen LogP contribution in [0.1, 0.15) is 41.9 Å². The van der Waals surface area contributed by atoms with Gasteiger partial charge >= 0.3 is 0 Å². The van der Waals surface area contributed by atoms with Gasteiger partial charge in [0.2, 0.25) is 9.47 Å². The van der Waals surface area contributed by atoms with Crippen molar-refractivity contribution in [3.8, 4) is 0 Å². The van der Waals surface area contributed by atoms with E-state index in [1.54, 1.807) is 0 Å². The van der Waals surface area contributed by atoms with E-state index >= 15 is 0 Å². The van der Waals surface area contributed by atoms with Crippen LogP contribution in [0.4, 0.5) is 0 Å². The first kappa shape index (κ1) is 11.8. The van der Waals surface area contributed by atoms with Crippen molar-refractivity contribution >= 4 is 28.8 Å². The van der Waals surface area contributed by atoms with E-state index in [1.165, 1.54) is 19.3 Å². The standard InChI is InChI=1S/C10H14ClN3OS/c11-10-13-12-8(16-10)9(15)14-6-4-2-1-3-5-7-14/h1-7H2. The van der Waals surface area contributed by atoms with Gasteiger partial charge in [-0.15, -0.1) is 10.2 Å². The third-order valence-electron chi connectivity index (χ3n) is 2.73. The molecule has 0 bridgehead atoms. The predicted octanol–water partition coefficient (Wildman–Crippen LogP) is 2.60. The highest BCUT2D eigenvalue weighted by Gasteiger charge is 2.20. The molecule has 0 spiro atoms. The zero-order valence-electron chi connectivity index (χ0n) is 8.99. The number of hydrogen-bond donors (Lipinski definition) is 0. The van der Waals surface area contributed by atoms with Gasteiger partial charge in [-0.05, 0) is 24.4 Å². The fourth-order valence-electron chi connectivity index (χ4n) is 1.88. The molecule has 1 aromatic rings. The lowest BCUT2D eigenvalue weighted by Crippen LogP contribution is -2.33. The van der Waals surface area contributed by atoms with E-state index in [2.05, 4.69) is 10.2 Å². The Bertz CT molecular complexity index is 361. The first-order chi connectivity index (χ1) is 7.77. The zero-order chi connectivity index (χ0) is 11.4. The van der Waals surface area contributed by atoms with Crippen LogP contribution < -0.4 is 0 Å². The van der Waals surface area contributed by atoms with Gasteiger partial charge in [0, 0.05) is 13.1 Å². The monoisotopic (exact) mass is 259 g/mol. The molecule has 1 aromatic heterocycles. The summed E-state index contributed by atoms with van der Waals surface area (Å²) >= 11 is 6.83. The fourth-order valence-corrected chi connectivity index (χ4v) is 2.67. The van der Waals surface area contributed by atoms with Crippen LogP contribution in [-0.4, -0.2) is 34.1 Å². The van der Waals surface area contributed by atoms with Crippen molar-refractivity contribution in [1.82, 2.24) is 15.1 Å². The van der Waals surface area contributed by atoms with E-state index < -0.39 is 0 Å². The van der Waals surface area contributed by atoms with Crippen molar-refractivity contribution in [2.45, 2.75) is 32.1 Å². The molecule has 2 heterocycles. The van der Waals surface area contributed by atoms with Crippen LogP contribution in [0.15, 0.2) is 0 Å². The van der Waals surface area contributed by atoms with Gasteiger partial charge in [-0.2, -0.15) is 0 Å². The van der Waals surface area contributed by atoms with E-state index in [-0.39, 0.29) is 5.91 Å². The van der Waals surface area contributed by atoms with Crippen LogP contribution in [0.5, 0.6) is 0 Å². The minimum absolute atomic E-state index is 0.0219. The van der Waals surface area contributed by atoms with Crippen LogP contribution in [0, 0.1) is 0 Å². The van der Waals surface area contributed by atoms with Gasteiger partial charge in [-0.25, -0.2) is 0 Å². The first-order valence-electron chi connectivity index (χ1n) is 5.55. The average Bonchev–Trinajstić information content (AvgIpc) is 2.63. The molecule has 0 atom stereocenters. The summed E-state index contributed by atoms with van der Waals surface area (Å²) in [4.78, 5) is 13.9. The van der Waals surface area contributed by atoms with Crippen molar-refractivity contribution < 1.29 is 4.79 Å². The highest BCUT2D eigenvalue weighted by atomic mass is 35.5. The Morgan fingerprint density at radius 3 is 2.31 bits per heavy atom. The minimum Gasteiger partial charge on any atom is -0.337 e. The van der Waals surface area contributed by atoms with Crippen LogP contribution >= 0.6 is 22.9 Å². The number of carbonyl (C=O) groups is 1. The lowest BCUT2D eigenvalue weighted by molar-refractivity contribution is 0.0741. The van der Waals surface area contributed by atoms with Gasteiger partial charge in [0.1, 0.15) is 0 Å². The topological polar surface area (TPSA) is 46.1 Å². The normalized spacial score (nSPS) is 17.9. The second-order valence-corrected chi connectivity index (χ2v) is 5.48. The van der Waals surface area contributed by atoms with Crippen LogP contribution in [-0.2, 0) is 0 Å². The van der Waals surface area contributed by atoms with E-state index in [0.29, 0.717) is 9.47 Å². The van der Waals surface area contributed by atoms with Crippen molar-refractivity contribution in [1.29, 1.82) is 0 Å². The second-order valence-electron chi connectivity index (χ2n) is 3.92. The molecule has 0 aliphatic carbocycles. The lowest BCUT2D eigenvalue weighted by Gasteiger charge is -2.23. The number of halogens is 1. The van der Waals surface area contributed by atoms with Gasteiger partial charge in [0.05, 0.1) is 0 Å². The van der Waals surface area contributed by atoms with E-state index in [1.807, 2.05) is 4.90 Å². The fraction of sp³-hybridized carbons (Fsp3) is 0.700. The summed E-state index contributed by atoms with van der Waals surface area (Å²) in [5.74, 6) is -0.0219. The maximum atomic E-state index is 12.1. The molecule has 0 saturated carbocycles. The summed E-state index contributed by atoms with van der Waals surface area (Å²) in [6.07, 6.45) is 5.87. The zero-order valence-corrected chi connectivity index (χ0v) is 10.6. The predicted molar refractivity (Wildman–Crippen MR) is 63.9 cm³/mol. The Balaban J connectivity index is 2.01. The van der Waals surface area contributed by atoms with Gasteiger partial charge in [-0.1, -0.05) is 30.6 Å². The van der Waals surface area contributed by atoms with Gasteiger partial charge in [0.15, 0.2) is 0 Å². The Hall–Kier alpha value is -0.680. The van der Waals surface area contributed by atoms with E-state index in [4.69, 9.17) is 11.6 Å². The summed E-state index contributed by atoms with van der Waals surface area (Å²) in [5, 5.41) is 7.86. The number of nitrogens with zero attached hydrogens (tertiary/aromatic N) is 3. The van der Waals surface area contributed by atoms with Crippen molar-refractivity contribution in [2.75, 3.05) is 13.1 Å². The smallest absolute Gasteiger partial charge is 0.284 e. The number of likely N-dealkylation sites (tertiary alicyclic amines) is 1. The lowest BCUT2D eigenvalue weighted by atomic mass is 10.1. The highest BCUT2D eigenvalue weighted by molar-refractivity contribution is 7.17. The van der Waals surface area contributed by atoms with E-state index in [9.17, 15) is 4.79 Å². The molecule has 1 fully saturated rings. The number of hydrogen-bond acceptors (Lipinski definition) is 4. The Morgan fingerprint density at radius 2 is 1.75 bits per heavy atom. The Morgan fingerprint density at radius 1 is 1.12 bits per heavy atom. The minimum atomic E-state index is -0.0219. The SMILES string of the molecule is O=C(c1nnc(Cl)s1)N1CCCCCCC1. The summed E-state index contributed by atoms with van der Waals surface area (Å²) in [7, 11) is 0. The van der Waals surface area contributed by atoms with Crippen LogP contribution in [0.25, 0.3) is 0 Å². The molecule has 1 aliphatic heterocycles. The third-order valence-corrected chi connectivity index (χ3v) is 3.73. The Labute approximate surface area is 104 Å². The highest BCUT2D eigenvalue weighted by Crippen LogP contribution is 2.18.